The van der Waals surface area contributed by atoms with Gasteiger partial charge in [0.1, 0.15) is 12.4 Å². The maximum absolute atomic E-state index is 11.1. The molecule has 1 aromatic heterocycles. The summed E-state index contributed by atoms with van der Waals surface area (Å²) in [6, 6.07) is 15.6. The number of hydrogen-bond acceptors (Lipinski definition) is 3. The first-order valence-corrected chi connectivity index (χ1v) is 8.96. The molecule has 0 aliphatic heterocycles. The van der Waals surface area contributed by atoms with E-state index in [1.54, 1.807) is 0 Å². The molecule has 2 aromatic carbocycles. The minimum absolute atomic E-state index is 0.292. The number of nitrogens with one attached hydrogen (secondary N) is 1. The molecular weight excluding hydrogens is 350 g/mol. The van der Waals surface area contributed by atoms with Crippen LogP contribution in [0, 0.1) is 0 Å². The van der Waals surface area contributed by atoms with Crippen molar-refractivity contribution >= 4 is 28.4 Å². The number of carbonyl (C=O) groups is 1. The fourth-order valence-electron chi connectivity index (χ4n) is 2.90. The second kappa shape index (κ2) is 8.74. The minimum atomic E-state index is -0.292. The number of halogens is 1. The van der Waals surface area contributed by atoms with Gasteiger partial charge in [0.05, 0.1) is 5.02 Å². The molecule has 1 amide bonds. The van der Waals surface area contributed by atoms with Gasteiger partial charge in [-0.15, -0.1) is 0 Å². The summed E-state index contributed by atoms with van der Waals surface area (Å²) in [7, 11) is 0. The Morgan fingerprint density at radius 3 is 2.73 bits per heavy atom. The number of aromatic nitrogens is 1. The normalized spacial score (nSPS) is 11.0. The molecule has 0 saturated heterocycles. The lowest BCUT2D eigenvalue weighted by Gasteiger charge is -2.08. The fourth-order valence-corrected chi connectivity index (χ4v) is 3.09. The van der Waals surface area contributed by atoms with E-state index in [-0.39, 0.29) is 5.91 Å². The molecule has 0 fully saturated rings. The molecule has 0 unspecified atom stereocenters. The van der Waals surface area contributed by atoms with Crippen molar-refractivity contribution in [1.29, 1.82) is 0 Å². The Balaban J connectivity index is 1.57. The molecule has 3 N–H and O–H groups in total. The van der Waals surface area contributed by atoms with Gasteiger partial charge in [-0.2, -0.15) is 0 Å². The number of hydrogen-bond donors (Lipinski definition) is 2. The maximum Gasteiger partial charge on any atom is 0.219 e. The molecule has 1 heterocycles. The van der Waals surface area contributed by atoms with Gasteiger partial charge in [-0.05, 0) is 23.8 Å². The number of benzene rings is 2. The van der Waals surface area contributed by atoms with Gasteiger partial charge in [0.25, 0.3) is 0 Å². The van der Waals surface area contributed by atoms with Gasteiger partial charge >= 0.3 is 0 Å². The Bertz CT molecular complexity index is 892. The molecule has 0 saturated carbocycles. The summed E-state index contributed by atoms with van der Waals surface area (Å²) in [6.45, 7) is 2.54. The highest BCUT2D eigenvalue weighted by molar-refractivity contribution is 6.32. The molecule has 3 rings (SSSR count). The Labute approximate surface area is 157 Å². The van der Waals surface area contributed by atoms with Crippen molar-refractivity contribution in [2.24, 2.45) is 5.73 Å². The van der Waals surface area contributed by atoms with Gasteiger partial charge in [-0.3, -0.25) is 4.79 Å². The number of ether oxygens (including phenoxy) is 1. The topological polar surface area (TPSA) is 69.3 Å². The van der Waals surface area contributed by atoms with Crippen LogP contribution in [0.2, 0.25) is 5.02 Å². The number of nitrogens with zero attached hydrogens (tertiary/aromatic N) is 1. The van der Waals surface area contributed by atoms with Crippen LogP contribution in [0.25, 0.3) is 10.9 Å². The van der Waals surface area contributed by atoms with E-state index in [2.05, 4.69) is 28.2 Å². The minimum Gasteiger partial charge on any atom is -0.491 e. The highest BCUT2D eigenvalue weighted by atomic mass is 35.5. The summed E-state index contributed by atoms with van der Waals surface area (Å²) in [4.78, 5) is 11.1. The zero-order valence-electron chi connectivity index (χ0n) is 14.5. The fraction of sp³-hybridized carbons (Fsp3) is 0.250. The molecule has 0 spiro atoms. The molecule has 0 atom stereocenters. The van der Waals surface area contributed by atoms with E-state index in [0.29, 0.717) is 36.9 Å². The Morgan fingerprint density at radius 1 is 1.15 bits per heavy atom. The predicted molar refractivity (Wildman–Crippen MR) is 104 cm³/mol. The van der Waals surface area contributed by atoms with Crippen LogP contribution in [0.1, 0.15) is 12.0 Å². The third kappa shape index (κ3) is 4.56. The summed E-state index contributed by atoms with van der Waals surface area (Å²) in [5.41, 5.74) is 7.57. The van der Waals surface area contributed by atoms with Crippen molar-refractivity contribution in [3.05, 3.63) is 65.3 Å². The van der Waals surface area contributed by atoms with E-state index in [0.717, 1.165) is 12.1 Å². The van der Waals surface area contributed by atoms with Crippen LogP contribution in [-0.4, -0.2) is 23.6 Å². The average Bonchev–Trinajstić information content (AvgIpc) is 2.99. The van der Waals surface area contributed by atoms with Crippen LogP contribution in [0.3, 0.4) is 0 Å². The zero-order chi connectivity index (χ0) is 18.4. The molecule has 0 aliphatic rings. The van der Waals surface area contributed by atoms with Crippen molar-refractivity contribution in [3.63, 3.8) is 0 Å². The van der Waals surface area contributed by atoms with Gasteiger partial charge in [0, 0.05) is 43.2 Å². The first-order valence-electron chi connectivity index (χ1n) is 8.58. The molecule has 3 aromatic rings. The number of fused-ring (bicyclic) bond motifs is 1. The van der Waals surface area contributed by atoms with Crippen molar-refractivity contribution in [2.75, 3.05) is 13.2 Å². The van der Waals surface area contributed by atoms with Crippen molar-refractivity contribution in [3.8, 4) is 5.75 Å². The van der Waals surface area contributed by atoms with Crippen LogP contribution < -0.4 is 15.8 Å². The lowest BCUT2D eigenvalue weighted by Crippen LogP contribution is -2.20. The summed E-state index contributed by atoms with van der Waals surface area (Å²) in [5.74, 6) is 0.401. The zero-order valence-corrected chi connectivity index (χ0v) is 15.2. The number of nitrogens with two attached hydrogens (primary N) is 1. The van der Waals surface area contributed by atoms with E-state index in [4.69, 9.17) is 22.1 Å². The Morgan fingerprint density at radius 2 is 1.92 bits per heavy atom. The summed E-state index contributed by atoms with van der Waals surface area (Å²) < 4.78 is 7.76. The van der Waals surface area contributed by atoms with E-state index >= 15 is 0 Å². The molecule has 26 heavy (non-hydrogen) atoms. The average molecular weight is 372 g/mol. The van der Waals surface area contributed by atoms with E-state index in [1.807, 2.05) is 36.4 Å². The van der Waals surface area contributed by atoms with Crippen molar-refractivity contribution in [2.45, 2.75) is 19.5 Å². The molecule has 5 nitrogen and oxygen atoms in total. The van der Waals surface area contributed by atoms with Gasteiger partial charge in [-0.1, -0.05) is 41.9 Å². The van der Waals surface area contributed by atoms with Crippen molar-refractivity contribution < 1.29 is 9.53 Å². The van der Waals surface area contributed by atoms with E-state index in [9.17, 15) is 4.79 Å². The second-order valence-electron chi connectivity index (χ2n) is 6.04. The second-order valence-corrected chi connectivity index (χ2v) is 6.44. The Kier molecular flexibility index (Phi) is 6.15. The molecule has 0 radical (unpaired) electrons. The number of amides is 1. The summed E-state index contributed by atoms with van der Waals surface area (Å²) in [6.07, 6.45) is 2.41. The number of aryl methyl sites for hydroxylation is 1. The quantitative estimate of drug-likeness (QED) is 0.567. The lowest BCUT2D eigenvalue weighted by molar-refractivity contribution is -0.118. The first-order chi connectivity index (χ1) is 12.6. The van der Waals surface area contributed by atoms with Crippen LogP contribution in [0.15, 0.2) is 54.7 Å². The lowest BCUT2D eigenvalue weighted by atomic mass is 10.2. The van der Waals surface area contributed by atoms with Crippen LogP contribution in [0.5, 0.6) is 5.75 Å². The number of carbonyl (C=O) groups excluding carboxylic acids is 1. The highest BCUT2D eigenvalue weighted by Crippen LogP contribution is 2.23. The number of para-hydroxylation sites is 2. The molecular formula is C20H22ClN3O2. The summed E-state index contributed by atoms with van der Waals surface area (Å²) >= 11 is 6.07. The molecule has 136 valence electrons. The number of rotatable bonds is 9. The predicted octanol–water partition coefficient (Wildman–Crippen LogP) is 3.34. The number of primary amides is 1. The third-order valence-corrected chi connectivity index (χ3v) is 4.47. The smallest absolute Gasteiger partial charge is 0.219 e. The van der Waals surface area contributed by atoms with Gasteiger partial charge in [-0.25, -0.2) is 0 Å². The first kappa shape index (κ1) is 18.3. The van der Waals surface area contributed by atoms with Crippen LogP contribution in [-0.2, 0) is 17.9 Å². The standard InChI is InChI=1S/C20H22ClN3O2/c21-17-6-2-4-8-19(17)26-12-10-23-13-15-14-24(11-9-20(22)25)18-7-3-1-5-16(15)18/h1-8,14,23H,9-13H2,(H2,22,25). The van der Waals surface area contributed by atoms with Crippen molar-refractivity contribution in [1.82, 2.24) is 9.88 Å². The third-order valence-electron chi connectivity index (χ3n) is 4.16. The summed E-state index contributed by atoms with van der Waals surface area (Å²) in [5, 5.41) is 5.18. The SMILES string of the molecule is NC(=O)CCn1cc(CNCCOc2ccccc2Cl)c2ccccc21. The molecule has 6 heteroatoms. The van der Waals surface area contributed by atoms with Crippen LogP contribution >= 0.6 is 11.6 Å². The molecule has 0 aliphatic carbocycles. The molecule has 0 bridgehead atoms. The highest BCUT2D eigenvalue weighted by Gasteiger charge is 2.08. The largest absolute Gasteiger partial charge is 0.491 e. The van der Waals surface area contributed by atoms with E-state index in [1.165, 1.54) is 10.9 Å². The van der Waals surface area contributed by atoms with E-state index < -0.39 is 0 Å². The van der Waals surface area contributed by atoms with Gasteiger partial charge < -0.3 is 20.4 Å². The van der Waals surface area contributed by atoms with Gasteiger partial charge in [0.15, 0.2) is 0 Å². The maximum atomic E-state index is 11.1. The van der Waals surface area contributed by atoms with Gasteiger partial charge in [0.2, 0.25) is 5.91 Å². The Hall–Kier alpha value is -2.50. The van der Waals surface area contributed by atoms with Crippen LogP contribution in [0.4, 0.5) is 0 Å². The monoisotopic (exact) mass is 371 g/mol.